The summed E-state index contributed by atoms with van der Waals surface area (Å²) in [4.78, 5) is 2.27. The highest BCUT2D eigenvalue weighted by molar-refractivity contribution is 5.38. The van der Waals surface area contributed by atoms with Crippen LogP contribution in [0.25, 0.3) is 0 Å². The molecule has 2 aliphatic heterocycles. The Hall–Kier alpha value is -2.26. The smallest absolute Gasteiger partial charge is 0.189 e. The molecule has 1 N–H and O–H groups in total. The second-order valence-electron chi connectivity index (χ2n) is 10.6. The van der Waals surface area contributed by atoms with E-state index in [0.29, 0.717) is 23.1 Å². The van der Waals surface area contributed by atoms with Crippen molar-refractivity contribution in [1.82, 2.24) is 4.90 Å². The molecule has 2 heterocycles. The van der Waals surface area contributed by atoms with E-state index in [1.165, 1.54) is 12.0 Å². The van der Waals surface area contributed by atoms with Crippen LogP contribution in [0.1, 0.15) is 51.2 Å². The van der Waals surface area contributed by atoms with Gasteiger partial charge in [0.1, 0.15) is 0 Å². The molecule has 3 saturated carbocycles. The van der Waals surface area contributed by atoms with Gasteiger partial charge < -0.3 is 14.7 Å². The van der Waals surface area contributed by atoms with Crippen LogP contribution in [0, 0.1) is 17.3 Å². The minimum absolute atomic E-state index is 0.225. The van der Waals surface area contributed by atoms with Gasteiger partial charge in [0.05, 0.1) is 11.6 Å². The molecule has 7 rings (SSSR count). The van der Waals surface area contributed by atoms with E-state index in [0.717, 1.165) is 30.4 Å². The Morgan fingerprint density at radius 3 is 2.30 bits per heavy atom. The van der Waals surface area contributed by atoms with Gasteiger partial charge in [0.15, 0.2) is 11.6 Å². The molecule has 3 nitrogen and oxygen atoms in total. The van der Waals surface area contributed by atoms with Crippen molar-refractivity contribution in [3.8, 4) is 0 Å². The van der Waals surface area contributed by atoms with Gasteiger partial charge in [-0.25, -0.2) is 0 Å². The minimum atomic E-state index is -0.595. The molecule has 2 bridgehead atoms. The van der Waals surface area contributed by atoms with Crippen LogP contribution < -0.4 is 0 Å². The Morgan fingerprint density at radius 1 is 0.967 bits per heavy atom. The SMILES string of the molecule is CC1(C)[C@H]2C[C@@H]3N4C(O)=C(Cc5ccccc5)C[C@@]4(c4ccccc4)O[C@]3(C)[C@@H]1C2. The van der Waals surface area contributed by atoms with E-state index in [2.05, 4.69) is 80.3 Å². The van der Waals surface area contributed by atoms with Crippen molar-refractivity contribution < 1.29 is 9.84 Å². The quantitative estimate of drug-likeness (QED) is 0.707. The van der Waals surface area contributed by atoms with Gasteiger partial charge in [-0.15, -0.1) is 0 Å². The summed E-state index contributed by atoms with van der Waals surface area (Å²) in [6.07, 6.45) is 3.84. The molecular formula is C27H31NO2. The number of fused-ring (bicyclic) bond motifs is 1. The van der Waals surface area contributed by atoms with Gasteiger partial charge in [-0.05, 0) is 54.6 Å². The van der Waals surface area contributed by atoms with Gasteiger partial charge in [-0.1, -0.05) is 74.5 Å². The highest BCUT2D eigenvalue weighted by atomic mass is 16.6. The summed E-state index contributed by atoms with van der Waals surface area (Å²) in [6, 6.07) is 21.3. The lowest BCUT2D eigenvalue weighted by Crippen LogP contribution is -2.67. The van der Waals surface area contributed by atoms with Crippen molar-refractivity contribution in [2.24, 2.45) is 17.3 Å². The Kier molecular flexibility index (Phi) is 3.65. The molecule has 0 radical (unpaired) electrons. The van der Waals surface area contributed by atoms with Gasteiger partial charge >= 0.3 is 0 Å². The van der Waals surface area contributed by atoms with Gasteiger partial charge in [0, 0.05) is 12.0 Å². The monoisotopic (exact) mass is 401 g/mol. The molecule has 3 aliphatic carbocycles. The molecular weight excluding hydrogens is 370 g/mol. The third kappa shape index (κ3) is 2.19. The summed E-state index contributed by atoms with van der Waals surface area (Å²) < 4.78 is 7.20. The van der Waals surface area contributed by atoms with Gasteiger partial charge in [0.2, 0.25) is 0 Å². The predicted molar refractivity (Wildman–Crippen MR) is 118 cm³/mol. The molecule has 2 aromatic carbocycles. The van der Waals surface area contributed by atoms with Crippen LogP contribution in [-0.4, -0.2) is 21.6 Å². The first kappa shape index (κ1) is 18.5. The lowest BCUT2D eigenvalue weighted by Gasteiger charge is -2.64. The lowest BCUT2D eigenvalue weighted by atomic mass is 9.43. The average molecular weight is 402 g/mol. The second kappa shape index (κ2) is 5.91. The van der Waals surface area contributed by atoms with Crippen LogP contribution in [0.2, 0.25) is 0 Å². The Balaban J connectivity index is 1.46. The molecule has 2 aromatic rings. The maximum atomic E-state index is 11.6. The van der Waals surface area contributed by atoms with Crippen LogP contribution in [-0.2, 0) is 16.9 Å². The van der Waals surface area contributed by atoms with Gasteiger partial charge in [0.25, 0.3) is 0 Å². The van der Waals surface area contributed by atoms with E-state index in [9.17, 15) is 5.11 Å². The standard InChI is InChI=1S/C27H31NO2/c1-25(2)21-15-22(25)26(3)23(16-21)28-24(29)19(14-18-10-6-4-7-11-18)17-27(28,30-26)20-12-8-5-9-13-20/h4-13,21-23,29H,14-17H2,1-3H3/t21-,22-,23+,26-,27+/m1/s1. The van der Waals surface area contributed by atoms with E-state index in [4.69, 9.17) is 4.74 Å². The van der Waals surface area contributed by atoms with E-state index in [1.807, 2.05) is 6.07 Å². The molecule has 5 atom stereocenters. The number of rotatable bonds is 3. The molecule has 4 fully saturated rings. The Bertz CT molecular complexity index is 1010. The van der Waals surface area contributed by atoms with Crippen molar-refractivity contribution >= 4 is 0 Å². The van der Waals surface area contributed by atoms with Crippen molar-refractivity contribution in [2.45, 2.75) is 63.8 Å². The van der Waals surface area contributed by atoms with Crippen LogP contribution in [0.5, 0.6) is 0 Å². The van der Waals surface area contributed by atoms with E-state index in [-0.39, 0.29) is 11.6 Å². The lowest BCUT2D eigenvalue weighted by molar-refractivity contribution is -0.228. The maximum Gasteiger partial charge on any atom is 0.189 e. The molecule has 0 aromatic heterocycles. The molecule has 156 valence electrons. The first-order valence-electron chi connectivity index (χ1n) is 11.4. The molecule has 3 heteroatoms. The topological polar surface area (TPSA) is 32.7 Å². The number of nitrogens with zero attached hydrogens (tertiary/aromatic N) is 1. The molecule has 30 heavy (non-hydrogen) atoms. The van der Waals surface area contributed by atoms with Crippen LogP contribution in [0.15, 0.2) is 72.1 Å². The van der Waals surface area contributed by atoms with Crippen LogP contribution in [0.4, 0.5) is 0 Å². The Labute approximate surface area is 179 Å². The third-order valence-electron chi connectivity index (χ3n) is 8.90. The van der Waals surface area contributed by atoms with Gasteiger partial charge in [-0.2, -0.15) is 0 Å². The summed E-state index contributed by atoms with van der Waals surface area (Å²) in [5.74, 6) is 1.70. The summed E-state index contributed by atoms with van der Waals surface area (Å²) >= 11 is 0. The largest absolute Gasteiger partial charge is 0.495 e. The fourth-order valence-corrected chi connectivity index (χ4v) is 7.25. The number of ether oxygens (including phenoxy) is 1. The number of benzene rings is 2. The fourth-order valence-electron chi connectivity index (χ4n) is 7.25. The first-order valence-corrected chi connectivity index (χ1v) is 11.4. The van der Waals surface area contributed by atoms with Crippen molar-refractivity contribution in [3.63, 3.8) is 0 Å². The highest BCUT2D eigenvalue weighted by Gasteiger charge is 2.73. The number of aliphatic hydroxyl groups excluding tert-OH is 1. The summed E-state index contributed by atoms with van der Waals surface area (Å²) in [5, 5.41) is 11.6. The van der Waals surface area contributed by atoms with Crippen molar-refractivity contribution in [2.75, 3.05) is 0 Å². The summed E-state index contributed by atoms with van der Waals surface area (Å²) in [5.41, 5.74) is 2.97. The third-order valence-corrected chi connectivity index (χ3v) is 8.90. The molecule has 0 spiro atoms. The van der Waals surface area contributed by atoms with E-state index < -0.39 is 5.72 Å². The molecule has 1 saturated heterocycles. The molecule has 0 unspecified atom stereocenters. The fraction of sp³-hybridized carbons (Fsp3) is 0.481. The molecule has 0 amide bonds. The van der Waals surface area contributed by atoms with Crippen molar-refractivity contribution in [3.05, 3.63) is 83.2 Å². The van der Waals surface area contributed by atoms with E-state index in [1.54, 1.807) is 0 Å². The summed E-state index contributed by atoms with van der Waals surface area (Å²) in [7, 11) is 0. The predicted octanol–water partition coefficient (Wildman–Crippen LogP) is 5.78. The van der Waals surface area contributed by atoms with Crippen LogP contribution >= 0.6 is 0 Å². The summed E-state index contributed by atoms with van der Waals surface area (Å²) in [6.45, 7) is 7.13. The van der Waals surface area contributed by atoms with E-state index >= 15 is 0 Å². The zero-order valence-electron chi connectivity index (χ0n) is 18.1. The zero-order valence-corrected chi connectivity index (χ0v) is 18.1. The number of hydrogen-bond donors (Lipinski definition) is 1. The average Bonchev–Trinajstić information content (AvgIpc) is 3.17. The highest BCUT2D eigenvalue weighted by Crippen LogP contribution is 2.70. The second-order valence-corrected chi connectivity index (χ2v) is 10.6. The Morgan fingerprint density at radius 2 is 1.63 bits per heavy atom. The molecule has 5 aliphatic rings. The number of aliphatic hydroxyl groups is 1. The maximum absolute atomic E-state index is 11.6. The number of hydrogen-bond acceptors (Lipinski definition) is 3. The van der Waals surface area contributed by atoms with Crippen molar-refractivity contribution in [1.29, 1.82) is 0 Å². The first-order chi connectivity index (χ1) is 14.4. The van der Waals surface area contributed by atoms with Gasteiger partial charge in [-0.3, -0.25) is 0 Å². The van der Waals surface area contributed by atoms with Crippen LogP contribution in [0.3, 0.4) is 0 Å². The minimum Gasteiger partial charge on any atom is -0.495 e. The normalized spacial score (nSPS) is 38.2. The zero-order chi connectivity index (χ0) is 20.7.